The third-order valence-corrected chi connectivity index (χ3v) is 5.61. The fourth-order valence-corrected chi connectivity index (χ4v) is 3.96. The summed E-state index contributed by atoms with van der Waals surface area (Å²) in [6, 6.07) is 7.83. The van der Waals surface area contributed by atoms with E-state index >= 15 is 0 Å². The van der Waals surface area contributed by atoms with E-state index in [9.17, 15) is 4.79 Å². The van der Waals surface area contributed by atoms with E-state index in [0.717, 1.165) is 34.0 Å². The van der Waals surface area contributed by atoms with E-state index in [0.29, 0.717) is 16.7 Å². The smallest absolute Gasteiger partial charge is 0.283 e. The van der Waals surface area contributed by atoms with Gasteiger partial charge < -0.3 is 0 Å². The maximum atomic E-state index is 12.3. The molecule has 0 fully saturated rings. The summed E-state index contributed by atoms with van der Waals surface area (Å²) >= 11 is 2.75. The lowest BCUT2D eigenvalue weighted by molar-refractivity contribution is -0.114. The molecule has 0 radical (unpaired) electrons. The van der Waals surface area contributed by atoms with Gasteiger partial charge in [0.1, 0.15) is 5.84 Å². The number of amidine groups is 3. The fourth-order valence-electron chi connectivity index (χ4n) is 2.17. The Hall–Kier alpha value is -1.86. The SMILES string of the molecule is Cc1ccc(/C=C2/C(=N)N3C(SCC(C)C)=NSC3=NC2=O)cc1. The van der Waals surface area contributed by atoms with Crippen molar-refractivity contribution in [1.82, 2.24) is 4.90 Å². The summed E-state index contributed by atoms with van der Waals surface area (Å²) in [6.07, 6.45) is 1.72. The van der Waals surface area contributed by atoms with Gasteiger partial charge in [-0.2, -0.15) is 9.39 Å². The van der Waals surface area contributed by atoms with Crippen molar-refractivity contribution in [1.29, 1.82) is 5.41 Å². The van der Waals surface area contributed by atoms with Gasteiger partial charge >= 0.3 is 0 Å². The van der Waals surface area contributed by atoms with Crippen molar-refractivity contribution in [3.63, 3.8) is 0 Å². The molecule has 0 unspecified atom stereocenters. The Morgan fingerprint density at radius 1 is 1.33 bits per heavy atom. The van der Waals surface area contributed by atoms with Gasteiger partial charge in [0.25, 0.3) is 5.91 Å². The normalized spacial score (nSPS) is 19.0. The first-order valence-electron chi connectivity index (χ1n) is 7.64. The van der Waals surface area contributed by atoms with Crippen molar-refractivity contribution in [2.75, 3.05) is 5.75 Å². The number of hydrogen-bond acceptors (Lipinski definition) is 5. The van der Waals surface area contributed by atoms with Crippen molar-refractivity contribution in [3.8, 4) is 0 Å². The first-order valence-corrected chi connectivity index (χ1v) is 9.40. The highest BCUT2D eigenvalue weighted by Gasteiger charge is 2.37. The van der Waals surface area contributed by atoms with E-state index in [2.05, 4.69) is 23.2 Å². The van der Waals surface area contributed by atoms with Gasteiger partial charge in [0.05, 0.1) is 17.5 Å². The molecule has 1 N–H and O–H groups in total. The van der Waals surface area contributed by atoms with Crippen LogP contribution in [-0.2, 0) is 4.79 Å². The summed E-state index contributed by atoms with van der Waals surface area (Å²) in [6.45, 7) is 6.29. The van der Waals surface area contributed by atoms with Crippen LogP contribution in [-0.4, -0.2) is 32.7 Å². The van der Waals surface area contributed by atoms with Crippen LogP contribution in [0.15, 0.2) is 39.2 Å². The Labute approximate surface area is 150 Å². The van der Waals surface area contributed by atoms with Crippen molar-refractivity contribution in [3.05, 3.63) is 41.0 Å². The van der Waals surface area contributed by atoms with E-state index in [4.69, 9.17) is 5.41 Å². The molecule has 3 rings (SSSR count). The number of thioether (sulfide) groups is 1. The second-order valence-electron chi connectivity index (χ2n) is 6.02. The zero-order chi connectivity index (χ0) is 17.3. The third kappa shape index (κ3) is 3.47. The van der Waals surface area contributed by atoms with Crippen LogP contribution in [0, 0.1) is 18.3 Å². The van der Waals surface area contributed by atoms with Crippen molar-refractivity contribution in [2.45, 2.75) is 20.8 Å². The van der Waals surface area contributed by atoms with Gasteiger partial charge in [0.15, 0.2) is 5.17 Å². The highest BCUT2D eigenvalue weighted by Crippen LogP contribution is 2.32. The number of nitrogens with zero attached hydrogens (tertiary/aromatic N) is 3. The van der Waals surface area contributed by atoms with Crippen LogP contribution in [0.25, 0.3) is 6.08 Å². The molecule has 0 aromatic heterocycles. The third-order valence-electron chi connectivity index (χ3n) is 3.43. The number of nitrogens with one attached hydrogen (secondary N) is 1. The minimum Gasteiger partial charge on any atom is -0.283 e. The van der Waals surface area contributed by atoms with Crippen molar-refractivity contribution < 1.29 is 4.79 Å². The van der Waals surface area contributed by atoms with Gasteiger partial charge in [0.2, 0.25) is 5.17 Å². The molecule has 2 aliphatic heterocycles. The van der Waals surface area contributed by atoms with E-state index < -0.39 is 0 Å². The summed E-state index contributed by atoms with van der Waals surface area (Å²) in [5.74, 6) is 1.18. The predicted molar refractivity (Wildman–Crippen MR) is 103 cm³/mol. The van der Waals surface area contributed by atoms with Crippen molar-refractivity contribution in [2.24, 2.45) is 15.3 Å². The predicted octanol–water partition coefficient (Wildman–Crippen LogP) is 3.96. The van der Waals surface area contributed by atoms with Gasteiger partial charge in [-0.15, -0.1) is 0 Å². The minimum atomic E-state index is -0.385. The van der Waals surface area contributed by atoms with Gasteiger partial charge in [-0.1, -0.05) is 55.4 Å². The van der Waals surface area contributed by atoms with E-state index in [-0.39, 0.29) is 11.7 Å². The highest BCUT2D eigenvalue weighted by molar-refractivity contribution is 8.19. The summed E-state index contributed by atoms with van der Waals surface area (Å²) in [5.41, 5.74) is 2.33. The molecule has 0 spiro atoms. The molecule has 7 heteroatoms. The molecule has 5 nitrogen and oxygen atoms in total. The first-order chi connectivity index (χ1) is 11.5. The Kier molecular flexibility index (Phi) is 4.91. The van der Waals surface area contributed by atoms with E-state index in [1.165, 1.54) is 0 Å². The molecular formula is C17H18N4OS2. The van der Waals surface area contributed by atoms with Crippen LogP contribution in [0.1, 0.15) is 25.0 Å². The summed E-state index contributed by atoms with van der Waals surface area (Å²) in [4.78, 5) is 18.1. The van der Waals surface area contributed by atoms with Crippen LogP contribution in [0.4, 0.5) is 0 Å². The van der Waals surface area contributed by atoms with Gasteiger partial charge in [-0.3, -0.25) is 10.2 Å². The van der Waals surface area contributed by atoms with E-state index in [1.54, 1.807) is 22.7 Å². The number of carbonyl (C=O) groups excluding carboxylic acids is 1. The molecule has 2 aliphatic rings. The summed E-state index contributed by atoms with van der Waals surface area (Å²) in [5, 5.41) is 9.65. The maximum absolute atomic E-state index is 12.3. The number of fused-ring (bicyclic) bond motifs is 1. The Bertz CT molecular complexity index is 778. The van der Waals surface area contributed by atoms with Crippen molar-refractivity contribution >= 4 is 51.9 Å². The lowest BCUT2D eigenvalue weighted by Gasteiger charge is -2.24. The number of amides is 1. The standard InChI is InChI=1S/C17H18N4OS2/c1-10(2)9-23-17-20-24-16-19-15(22)13(14(18)21(16)17)8-12-6-4-11(3)5-7-12/h4-8,10,18H,9H2,1-3H3/b13-8-,18-14?. The molecule has 1 amide bonds. The number of hydrogen-bond donors (Lipinski definition) is 1. The zero-order valence-electron chi connectivity index (χ0n) is 13.7. The van der Waals surface area contributed by atoms with E-state index in [1.807, 2.05) is 31.2 Å². The molecule has 124 valence electrons. The molecule has 0 atom stereocenters. The van der Waals surface area contributed by atoms with Crippen LogP contribution in [0.2, 0.25) is 0 Å². The molecule has 0 saturated carbocycles. The lowest BCUT2D eigenvalue weighted by atomic mass is 10.1. The van der Waals surface area contributed by atoms with Crippen LogP contribution < -0.4 is 0 Å². The number of aryl methyl sites for hydroxylation is 1. The molecule has 24 heavy (non-hydrogen) atoms. The van der Waals surface area contributed by atoms with Gasteiger partial charge in [-0.05, 0) is 24.5 Å². The fraction of sp³-hybridized carbons (Fsp3) is 0.294. The maximum Gasteiger partial charge on any atom is 0.283 e. The molecular weight excluding hydrogens is 340 g/mol. The molecule has 0 saturated heterocycles. The summed E-state index contributed by atoms with van der Waals surface area (Å²) in [7, 11) is 0. The van der Waals surface area contributed by atoms with Gasteiger partial charge in [-0.25, -0.2) is 4.90 Å². The Morgan fingerprint density at radius 2 is 2.04 bits per heavy atom. The number of benzene rings is 1. The average Bonchev–Trinajstić information content (AvgIpc) is 2.94. The second-order valence-corrected chi connectivity index (χ2v) is 7.74. The second kappa shape index (κ2) is 6.94. The first kappa shape index (κ1) is 17.0. The number of aliphatic imine (C=N–C) groups is 1. The zero-order valence-corrected chi connectivity index (χ0v) is 15.4. The average molecular weight is 358 g/mol. The molecule has 0 bridgehead atoms. The van der Waals surface area contributed by atoms with Crippen LogP contribution in [0.3, 0.4) is 0 Å². The van der Waals surface area contributed by atoms with Gasteiger partial charge in [0, 0.05) is 5.75 Å². The quantitative estimate of drug-likeness (QED) is 0.656. The minimum absolute atomic E-state index is 0.144. The number of carbonyl (C=O) groups is 1. The number of rotatable bonds is 3. The highest BCUT2D eigenvalue weighted by atomic mass is 32.2. The molecule has 0 aliphatic carbocycles. The largest absolute Gasteiger partial charge is 0.283 e. The lowest BCUT2D eigenvalue weighted by Crippen LogP contribution is -2.41. The molecule has 2 heterocycles. The molecule has 1 aromatic rings. The Balaban J connectivity index is 1.89. The molecule has 1 aromatic carbocycles. The Morgan fingerprint density at radius 3 is 2.71 bits per heavy atom. The topological polar surface area (TPSA) is 68.9 Å². The van der Waals surface area contributed by atoms with Crippen LogP contribution >= 0.6 is 23.7 Å². The monoisotopic (exact) mass is 358 g/mol. The summed E-state index contributed by atoms with van der Waals surface area (Å²) < 4.78 is 4.36. The van der Waals surface area contributed by atoms with Crippen LogP contribution in [0.5, 0.6) is 0 Å².